The van der Waals surface area contributed by atoms with Crippen molar-refractivity contribution in [2.45, 2.75) is 32.2 Å². The zero-order valence-corrected chi connectivity index (χ0v) is 12.0. The molecular weight excluding hydrogens is 276 g/mol. The van der Waals surface area contributed by atoms with Crippen LogP contribution in [0.1, 0.15) is 26.7 Å². The fraction of sp³-hybridized carbons (Fsp3) is 0.500. The van der Waals surface area contributed by atoms with E-state index in [4.69, 9.17) is 4.74 Å². The predicted octanol–water partition coefficient (Wildman–Crippen LogP) is 2.66. The van der Waals surface area contributed by atoms with Gasteiger partial charge in [0.15, 0.2) is 5.75 Å². The summed E-state index contributed by atoms with van der Waals surface area (Å²) >= 11 is 0. The number of hydrogen-bond acceptors (Lipinski definition) is 5. The van der Waals surface area contributed by atoms with Gasteiger partial charge in [-0.15, -0.1) is 0 Å². The maximum absolute atomic E-state index is 11.5. The average molecular weight is 294 g/mol. The molecule has 114 valence electrons. The Bertz CT molecular complexity index is 570. The number of aliphatic carboxylic acids is 1. The van der Waals surface area contributed by atoms with Gasteiger partial charge in [0.1, 0.15) is 11.2 Å². The van der Waals surface area contributed by atoms with Crippen LogP contribution in [0.3, 0.4) is 0 Å². The van der Waals surface area contributed by atoms with Gasteiger partial charge in [0.05, 0.1) is 11.5 Å². The molecule has 2 N–H and O–H groups in total. The van der Waals surface area contributed by atoms with Crippen molar-refractivity contribution >= 4 is 17.3 Å². The predicted molar refractivity (Wildman–Crippen MR) is 76.7 cm³/mol. The number of ether oxygens (including phenoxy) is 1. The smallest absolute Gasteiger partial charge is 0.333 e. The van der Waals surface area contributed by atoms with Crippen molar-refractivity contribution in [2.24, 2.45) is 5.92 Å². The van der Waals surface area contributed by atoms with Crippen LogP contribution in [-0.2, 0) is 4.79 Å². The third-order valence-corrected chi connectivity index (χ3v) is 3.71. The highest BCUT2D eigenvalue weighted by Gasteiger charge is 2.48. The van der Waals surface area contributed by atoms with Crippen LogP contribution >= 0.6 is 0 Å². The van der Waals surface area contributed by atoms with Crippen LogP contribution in [0, 0.1) is 16.0 Å². The second-order valence-electron chi connectivity index (χ2n) is 5.25. The van der Waals surface area contributed by atoms with E-state index in [-0.39, 0.29) is 23.0 Å². The lowest BCUT2D eigenvalue weighted by Gasteiger charge is -2.27. The Kier molecular flexibility index (Phi) is 4.02. The van der Waals surface area contributed by atoms with Crippen molar-refractivity contribution in [1.82, 2.24) is 0 Å². The minimum atomic E-state index is -1.21. The summed E-state index contributed by atoms with van der Waals surface area (Å²) in [7, 11) is 0. The van der Waals surface area contributed by atoms with Crippen LogP contribution in [0.25, 0.3) is 0 Å². The SMILES string of the molecule is CCOc1cccc(NC(C)(C(=O)O)C2CC2)c1[N+](=O)[O-]. The zero-order valence-electron chi connectivity index (χ0n) is 12.0. The normalized spacial score (nSPS) is 16.9. The lowest BCUT2D eigenvalue weighted by molar-refractivity contribution is -0.385. The molecule has 21 heavy (non-hydrogen) atoms. The summed E-state index contributed by atoms with van der Waals surface area (Å²) in [5.74, 6) is -0.900. The number of anilines is 1. The van der Waals surface area contributed by atoms with Crippen LogP contribution in [0.4, 0.5) is 11.4 Å². The van der Waals surface area contributed by atoms with Gasteiger partial charge in [-0.2, -0.15) is 0 Å². The van der Waals surface area contributed by atoms with E-state index < -0.39 is 16.4 Å². The summed E-state index contributed by atoms with van der Waals surface area (Å²) in [6, 6.07) is 4.61. The van der Waals surface area contributed by atoms with Gasteiger partial charge in [-0.05, 0) is 44.7 Å². The monoisotopic (exact) mass is 294 g/mol. The highest BCUT2D eigenvalue weighted by molar-refractivity contribution is 5.85. The summed E-state index contributed by atoms with van der Waals surface area (Å²) in [6.07, 6.45) is 1.60. The summed E-state index contributed by atoms with van der Waals surface area (Å²) in [4.78, 5) is 22.3. The number of para-hydroxylation sites is 1. The summed E-state index contributed by atoms with van der Waals surface area (Å²) in [5.41, 5.74) is -1.27. The fourth-order valence-electron chi connectivity index (χ4n) is 2.35. The molecule has 0 heterocycles. The molecule has 0 saturated heterocycles. The molecule has 0 amide bonds. The van der Waals surface area contributed by atoms with Crippen LogP contribution in [0.5, 0.6) is 5.75 Å². The van der Waals surface area contributed by atoms with Gasteiger partial charge < -0.3 is 15.2 Å². The molecule has 0 aliphatic heterocycles. The van der Waals surface area contributed by atoms with Gasteiger partial charge in [0, 0.05) is 0 Å². The Morgan fingerprint density at radius 3 is 2.71 bits per heavy atom. The van der Waals surface area contributed by atoms with E-state index in [2.05, 4.69) is 5.32 Å². The third kappa shape index (κ3) is 2.91. The molecule has 0 bridgehead atoms. The van der Waals surface area contributed by atoms with E-state index in [1.807, 2.05) is 0 Å². The number of hydrogen-bond donors (Lipinski definition) is 2. The standard InChI is InChI=1S/C14H18N2O5/c1-3-21-11-6-4-5-10(12(11)16(19)20)15-14(2,13(17)18)9-7-8-9/h4-6,9,15H,3,7-8H2,1-2H3,(H,17,18). The maximum atomic E-state index is 11.5. The van der Waals surface area contributed by atoms with Gasteiger partial charge in [0.25, 0.3) is 0 Å². The first-order valence-corrected chi connectivity index (χ1v) is 6.82. The largest absolute Gasteiger partial charge is 0.487 e. The number of nitrogens with zero attached hydrogens (tertiary/aromatic N) is 1. The first-order chi connectivity index (χ1) is 9.90. The van der Waals surface area contributed by atoms with E-state index in [1.165, 1.54) is 12.1 Å². The highest BCUT2D eigenvalue weighted by atomic mass is 16.6. The van der Waals surface area contributed by atoms with Gasteiger partial charge in [-0.1, -0.05) is 6.07 Å². The number of carboxylic acid groups (broad SMARTS) is 1. The van der Waals surface area contributed by atoms with Gasteiger partial charge >= 0.3 is 11.7 Å². The van der Waals surface area contributed by atoms with Crippen molar-refractivity contribution < 1.29 is 19.6 Å². The zero-order chi connectivity index (χ0) is 15.6. The van der Waals surface area contributed by atoms with Crippen molar-refractivity contribution in [3.8, 4) is 5.75 Å². The molecule has 7 nitrogen and oxygen atoms in total. The molecule has 1 aliphatic rings. The summed E-state index contributed by atoms with van der Waals surface area (Å²) in [5, 5.41) is 23.6. The van der Waals surface area contributed by atoms with Crippen molar-refractivity contribution in [1.29, 1.82) is 0 Å². The van der Waals surface area contributed by atoms with Crippen molar-refractivity contribution in [3.05, 3.63) is 28.3 Å². The van der Waals surface area contributed by atoms with Crippen LogP contribution in [-0.4, -0.2) is 28.1 Å². The molecule has 1 fully saturated rings. The molecule has 1 aliphatic carbocycles. The first-order valence-electron chi connectivity index (χ1n) is 6.82. The molecule has 1 unspecified atom stereocenters. The van der Waals surface area contributed by atoms with Gasteiger partial charge in [-0.25, -0.2) is 4.79 Å². The molecular formula is C14H18N2O5. The maximum Gasteiger partial charge on any atom is 0.333 e. The first kappa shape index (κ1) is 15.1. The molecule has 1 atom stereocenters. The van der Waals surface area contributed by atoms with Crippen LogP contribution < -0.4 is 10.1 Å². The average Bonchev–Trinajstić information content (AvgIpc) is 3.23. The molecule has 1 aromatic carbocycles. The molecule has 7 heteroatoms. The Hall–Kier alpha value is -2.31. The topological polar surface area (TPSA) is 102 Å². The van der Waals surface area contributed by atoms with E-state index in [1.54, 1.807) is 19.9 Å². The molecule has 2 rings (SSSR count). The lowest BCUT2D eigenvalue weighted by atomic mass is 9.95. The number of nitrogens with one attached hydrogen (secondary N) is 1. The number of carboxylic acids is 1. The molecule has 0 aromatic heterocycles. The Labute approximate surface area is 122 Å². The Morgan fingerprint density at radius 1 is 1.57 bits per heavy atom. The number of rotatable bonds is 7. The van der Waals surface area contributed by atoms with Crippen LogP contribution in [0.15, 0.2) is 18.2 Å². The molecule has 0 radical (unpaired) electrons. The van der Waals surface area contributed by atoms with Gasteiger partial charge in [-0.3, -0.25) is 10.1 Å². The van der Waals surface area contributed by atoms with Crippen LogP contribution in [0.2, 0.25) is 0 Å². The quantitative estimate of drug-likeness (QED) is 0.592. The summed E-state index contributed by atoms with van der Waals surface area (Å²) in [6.45, 7) is 3.59. The number of nitro groups is 1. The third-order valence-electron chi connectivity index (χ3n) is 3.71. The van der Waals surface area contributed by atoms with E-state index in [0.717, 1.165) is 12.8 Å². The molecule has 1 aromatic rings. The van der Waals surface area contributed by atoms with E-state index >= 15 is 0 Å². The number of nitro benzene ring substituents is 1. The van der Waals surface area contributed by atoms with Crippen molar-refractivity contribution in [2.75, 3.05) is 11.9 Å². The van der Waals surface area contributed by atoms with E-state index in [9.17, 15) is 20.0 Å². The minimum absolute atomic E-state index is 0.0228. The Morgan fingerprint density at radius 2 is 2.24 bits per heavy atom. The molecule has 1 saturated carbocycles. The minimum Gasteiger partial charge on any atom is -0.487 e. The van der Waals surface area contributed by atoms with E-state index in [0.29, 0.717) is 6.61 Å². The second-order valence-corrected chi connectivity index (χ2v) is 5.25. The Balaban J connectivity index is 2.41. The number of benzene rings is 1. The number of carbonyl (C=O) groups is 1. The summed E-state index contributed by atoms with van der Waals surface area (Å²) < 4.78 is 5.26. The second kappa shape index (κ2) is 5.59. The lowest BCUT2D eigenvalue weighted by Crippen LogP contribution is -2.45. The molecule has 0 spiro atoms. The van der Waals surface area contributed by atoms with Gasteiger partial charge in [0.2, 0.25) is 0 Å². The highest BCUT2D eigenvalue weighted by Crippen LogP contribution is 2.44. The fourth-order valence-corrected chi connectivity index (χ4v) is 2.35. The van der Waals surface area contributed by atoms with Crippen molar-refractivity contribution in [3.63, 3.8) is 0 Å².